The van der Waals surface area contributed by atoms with Crippen molar-refractivity contribution < 1.29 is 14.1 Å². The highest BCUT2D eigenvalue weighted by atomic mass is 16.5. The summed E-state index contributed by atoms with van der Waals surface area (Å²) in [5, 5.41) is 11.0. The summed E-state index contributed by atoms with van der Waals surface area (Å²) in [7, 11) is 0. The van der Waals surface area contributed by atoms with Crippen molar-refractivity contribution in [3.05, 3.63) is 29.7 Å². The van der Waals surface area contributed by atoms with Crippen LogP contribution >= 0.6 is 0 Å². The van der Waals surface area contributed by atoms with Gasteiger partial charge in [-0.1, -0.05) is 19.0 Å². The largest absolute Gasteiger partial charge is 0.374 e. The molecule has 0 aromatic carbocycles. The van der Waals surface area contributed by atoms with Crippen molar-refractivity contribution in [1.29, 1.82) is 0 Å². The molecular formula is C17H25N5O3. The number of anilines is 1. The number of nitrogens with one attached hydrogen (secondary N) is 1. The van der Waals surface area contributed by atoms with E-state index in [-0.39, 0.29) is 17.9 Å². The summed E-state index contributed by atoms with van der Waals surface area (Å²) in [5.74, 6) is 0.549. The van der Waals surface area contributed by atoms with E-state index < -0.39 is 0 Å². The molecule has 0 saturated carbocycles. The first-order chi connectivity index (χ1) is 12.0. The van der Waals surface area contributed by atoms with Gasteiger partial charge in [-0.25, -0.2) is 0 Å². The predicted octanol–water partition coefficient (Wildman–Crippen LogP) is 1.64. The molecule has 0 radical (unpaired) electrons. The van der Waals surface area contributed by atoms with Gasteiger partial charge in [0.1, 0.15) is 0 Å². The maximum absolute atomic E-state index is 12.2. The molecule has 0 bridgehead atoms. The molecule has 25 heavy (non-hydrogen) atoms. The Balaban J connectivity index is 1.48. The fourth-order valence-corrected chi connectivity index (χ4v) is 2.81. The van der Waals surface area contributed by atoms with Crippen LogP contribution in [0.1, 0.15) is 31.0 Å². The first-order valence-electron chi connectivity index (χ1n) is 8.59. The van der Waals surface area contributed by atoms with Gasteiger partial charge < -0.3 is 9.26 Å². The second-order valence-corrected chi connectivity index (χ2v) is 6.79. The highest BCUT2D eigenvalue weighted by Gasteiger charge is 2.23. The molecule has 0 aliphatic carbocycles. The quantitative estimate of drug-likeness (QED) is 0.855. The lowest BCUT2D eigenvalue weighted by Gasteiger charge is -2.32. The van der Waals surface area contributed by atoms with Gasteiger partial charge >= 0.3 is 0 Å². The Morgan fingerprint density at radius 2 is 2.32 bits per heavy atom. The maximum atomic E-state index is 12.2. The van der Waals surface area contributed by atoms with Gasteiger partial charge in [-0.15, -0.1) is 0 Å². The molecule has 0 spiro atoms. The van der Waals surface area contributed by atoms with Gasteiger partial charge in [0.2, 0.25) is 11.8 Å². The standard InChI is InChI=1S/C17H25N5O3/c1-12(2)15-6-17(25-20-15)19-16(23)11-21-4-5-24-14(9-21)10-22-8-13(3)7-18-22/h6-8,12,14H,4-5,9-11H2,1-3H3,(H,19,23)/t14-/m0/s1. The van der Waals surface area contributed by atoms with Crippen LogP contribution in [0.15, 0.2) is 23.0 Å². The number of morpholine rings is 1. The maximum Gasteiger partial charge on any atom is 0.240 e. The predicted molar refractivity (Wildman–Crippen MR) is 92.4 cm³/mol. The molecule has 1 N–H and O–H groups in total. The van der Waals surface area contributed by atoms with E-state index in [9.17, 15) is 4.79 Å². The van der Waals surface area contributed by atoms with Crippen molar-refractivity contribution in [3.63, 3.8) is 0 Å². The van der Waals surface area contributed by atoms with E-state index in [1.54, 1.807) is 6.07 Å². The second-order valence-electron chi connectivity index (χ2n) is 6.79. The van der Waals surface area contributed by atoms with Crippen LogP contribution in [-0.2, 0) is 16.1 Å². The van der Waals surface area contributed by atoms with Gasteiger partial charge in [-0.2, -0.15) is 5.10 Å². The number of carbonyl (C=O) groups excluding carboxylic acids is 1. The third-order valence-corrected chi connectivity index (χ3v) is 4.13. The fraction of sp³-hybridized carbons (Fsp3) is 0.588. The molecule has 2 aromatic rings. The molecule has 3 heterocycles. The van der Waals surface area contributed by atoms with Crippen LogP contribution in [0.25, 0.3) is 0 Å². The average molecular weight is 347 g/mol. The third-order valence-electron chi connectivity index (χ3n) is 4.13. The molecule has 1 aliphatic heterocycles. The average Bonchev–Trinajstić information content (AvgIpc) is 3.17. The smallest absolute Gasteiger partial charge is 0.240 e. The van der Waals surface area contributed by atoms with Crippen molar-refractivity contribution in [3.8, 4) is 0 Å². The summed E-state index contributed by atoms with van der Waals surface area (Å²) in [6.07, 6.45) is 3.85. The summed E-state index contributed by atoms with van der Waals surface area (Å²) in [6.45, 7) is 9.09. The molecule has 1 amide bonds. The Kier molecular flexibility index (Phi) is 5.50. The van der Waals surface area contributed by atoms with Crippen molar-refractivity contribution in [2.45, 2.75) is 39.3 Å². The van der Waals surface area contributed by atoms with E-state index in [2.05, 4.69) is 20.5 Å². The number of ether oxygens (including phenoxy) is 1. The molecule has 3 rings (SSSR count). The highest BCUT2D eigenvalue weighted by molar-refractivity contribution is 5.90. The Hall–Kier alpha value is -2.19. The number of rotatable bonds is 6. The van der Waals surface area contributed by atoms with Crippen molar-refractivity contribution >= 4 is 11.8 Å². The Bertz CT molecular complexity index is 709. The number of amides is 1. The van der Waals surface area contributed by atoms with E-state index in [1.807, 2.05) is 37.8 Å². The summed E-state index contributed by atoms with van der Waals surface area (Å²) in [5.41, 5.74) is 1.95. The molecule has 1 saturated heterocycles. The van der Waals surface area contributed by atoms with Crippen molar-refractivity contribution in [2.24, 2.45) is 0 Å². The van der Waals surface area contributed by atoms with Crippen LogP contribution in [0.3, 0.4) is 0 Å². The number of hydrogen-bond acceptors (Lipinski definition) is 6. The van der Waals surface area contributed by atoms with Gasteiger partial charge in [-0.3, -0.25) is 19.7 Å². The summed E-state index contributed by atoms with van der Waals surface area (Å²) in [4.78, 5) is 14.3. The van der Waals surface area contributed by atoms with E-state index >= 15 is 0 Å². The van der Waals surface area contributed by atoms with E-state index in [4.69, 9.17) is 9.26 Å². The van der Waals surface area contributed by atoms with Crippen molar-refractivity contribution in [1.82, 2.24) is 19.8 Å². The molecule has 0 unspecified atom stereocenters. The van der Waals surface area contributed by atoms with E-state index in [0.717, 1.165) is 17.8 Å². The fourth-order valence-electron chi connectivity index (χ4n) is 2.81. The lowest BCUT2D eigenvalue weighted by atomic mass is 10.1. The van der Waals surface area contributed by atoms with Gasteiger partial charge in [0.05, 0.1) is 37.7 Å². The normalized spacial score (nSPS) is 18.6. The lowest BCUT2D eigenvalue weighted by Crippen LogP contribution is -2.47. The zero-order valence-corrected chi connectivity index (χ0v) is 14.9. The monoisotopic (exact) mass is 347 g/mol. The van der Waals surface area contributed by atoms with Crippen LogP contribution in [0.2, 0.25) is 0 Å². The Morgan fingerprint density at radius 1 is 1.48 bits per heavy atom. The first-order valence-corrected chi connectivity index (χ1v) is 8.59. The zero-order chi connectivity index (χ0) is 17.8. The minimum atomic E-state index is -0.109. The van der Waals surface area contributed by atoms with Crippen LogP contribution in [0, 0.1) is 6.92 Å². The molecule has 1 fully saturated rings. The summed E-state index contributed by atoms with van der Waals surface area (Å²) < 4.78 is 12.8. The topological polar surface area (TPSA) is 85.4 Å². The number of aromatic nitrogens is 3. The zero-order valence-electron chi connectivity index (χ0n) is 14.9. The van der Waals surface area contributed by atoms with Gasteiger partial charge in [0, 0.05) is 25.4 Å². The molecule has 1 aliphatic rings. The van der Waals surface area contributed by atoms with Crippen LogP contribution in [0.4, 0.5) is 5.88 Å². The number of nitrogens with zero attached hydrogens (tertiary/aromatic N) is 4. The first kappa shape index (κ1) is 17.6. The summed E-state index contributed by atoms with van der Waals surface area (Å²) >= 11 is 0. The minimum Gasteiger partial charge on any atom is -0.374 e. The molecule has 8 heteroatoms. The second kappa shape index (κ2) is 7.79. The Labute approximate surface area is 147 Å². The van der Waals surface area contributed by atoms with E-state index in [1.165, 1.54) is 0 Å². The number of aryl methyl sites for hydroxylation is 1. The van der Waals surface area contributed by atoms with Gasteiger partial charge in [0.25, 0.3) is 0 Å². The molecule has 136 valence electrons. The SMILES string of the molecule is Cc1cnn(C[C@@H]2CN(CC(=O)Nc3cc(C(C)C)no3)CCO2)c1. The Morgan fingerprint density at radius 3 is 3.00 bits per heavy atom. The number of carbonyl (C=O) groups is 1. The van der Waals surface area contributed by atoms with Crippen LogP contribution in [-0.4, -0.2) is 58.1 Å². The van der Waals surface area contributed by atoms with Gasteiger partial charge in [-0.05, 0) is 18.4 Å². The van der Waals surface area contributed by atoms with Gasteiger partial charge in [0.15, 0.2) is 0 Å². The highest BCUT2D eigenvalue weighted by Crippen LogP contribution is 2.17. The lowest BCUT2D eigenvalue weighted by molar-refractivity contribution is -0.119. The summed E-state index contributed by atoms with van der Waals surface area (Å²) in [6, 6.07) is 1.77. The minimum absolute atomic E-state index is 0.0265. The molecule has 8 nitrogen and oxygen atoms in total. The third kappa shape index (κ3) is 4.90. The van der Waals surface area contributed by atoms with Crippen LogP contribution < -0.4 is 5.32 Å². The molecule has 1 atom stereocenters. The van der Waals surface area contributed by atoms with Crippen molar-refractivity contribution in [2.75, 3.05) is 31.6 Å². The molecule has 2 aromatic heterocycles. The molecular weight excluding hydrogens is 322 g/mol. The number of hydrogen-bond donors (Lipinski definition) is 1. The van der Waals surface area contributed by atoms with Crippen LogP contribution in [0.5, 0.6) is 0 Å². The van der Waals surface area contributed by atoms with E-state index in [0.29, 0.717) is 32.1 Å².